The van der Waals surface area contributed by atoms with Crippen LogP contribution in [0.4, 0.5) is 11.4 Å². The van der Waals surface area contributed by atoms with Gasteiger partial charge in [-0.2, -0.15) is 0 Å². The first-order chi connectivity index (χ1) is 13.0. The van der Waals surface area contributed by atoms with Gasteiger partial charge in [-0.3, -0.25) is 14.6 Å². The predicted molar refractivity (Wildman–Crippen MR) is 109 cm³/mol. The van der Waals surface area contributed by atoms with E-state index in [1.807, 2.05) is 43.3 Å². The Labute approximate surface area is 161 Å². The van der Waals surface area contributed by atoms with Gasteiger partial charge in [-0.25, -0.2) is 0 Å². The number of rotatable bonds is 9. The van der Waals surface area contributed by atoms with Crippen molar-refractivity contribution in [3.63, 3.8) is 0 Å². The largest absolute Gasteiger partial charge is 0.377 e. The Morgan fingerprint density at radius 2 is 1.96 bits per heavy atom. The minimum absolute atomic E-state index is 0.0252. The zero-order chi connectivity index (χ0) is 19.6. The predicted octanol–water partition coefficient (Wildman–Crippen LogP) is 3.60. The summed E-state index contributed by atoms with van der Waals surface area (Å²) in [6, 6.07) is 9.14. The third kappa shape index (κ3) is 6.40. The van der Waals surface area contributed by atoms with E-state index in [0.29, 0.717) is 24.2 Å². The van der Waals surface area contributed by atoms with Crippen molar-refractivity contribution < 1.29 is 9.59 Å². The average Bonchev–Trinajstić information content (AvgIpc) is 2.67. The van der Waals surface area contributed by atoms with E-state index in [1.54, 1.807) is 18.5 Å². The van der Waals surface area contributed by atoms with Gasteiger partial charge in [0.05, 0.1) is 5.56 Å². The highest BCUT2D eigenvalue weighted by Gasteiger charge is 2.15. The van der Waals surface area contributed by atoms with E-state index in [-0.39, 0.29) is 11.8 Å². The topological polar surface area (TPSA) is 74.3 Å². The molecule has 0 bridgehead atoms. The number of nitrogens with one attached hydrogen (secondary N) is 2. The van der Waals surface area contributed by atoms with Crippen LogP contribution in [0.2, 0.25) is 0 Å². The number of unbranched alkanes of at least 4 members (excludes halogenated alkanes) is 2. The molecule has 0 spiro atoms. The Hall–Kier alpha value is -2.89. The Balaban J connectivity index is 2.09. The van der Waals surface area contributed by atoms with Crippen LogP contribution < -0.4 is 15.5 Å². The maximum atomic E-state index is 12.7. The summed E-state index contributed by atoms with van der Waals surface area (Å²) in [5, 5.41) is 5.80. The molecule has 2 aromatic rings. The Morgan fingerprint density at radius 1 is 1.15 bits per heavy atom. The van der Waals surface area contributed by atoms with Crippen LogP contribution in [-0.4, -0.2) is 30.9 Å². The van der Waals surface area contributed by atoms with E-state index in [4.69, 9.17) is 0 Å². The van der Waals surface area contributed by atoms with E-state index >= 15 is 0 Å². The first-order valence-corrected chi connectivity index (χ1v) is 9.29. The van der Waals surface area contributed by atoms with Crippen molar-refractivity contribution >= 4 is 23.2 Å². The normalized spacial score (nSPS) is 10.3. The van der Waals surface area contributed by atoms with Crippen LogP contribution in [0.3, 0.4) is 0 Å². The molecule has 2 N–H and O–H groups in total. The summed E-state index contributed by atoms with van der Waals surface area (Å²) in [6.07, 6.45) is 6.89. The average molecular weight is 368 g/mol. The molecule has 1 heterocycles. The minimum atomic E-state index is -0.190. The van der Waals surface area contributed by atoms with Crippen LogP contribution in [0.25, 0.3) is 0 Å². The molecule has 0 aliphatic carbocycles. The standard InChI is InChI=1S/C21H28N4O2/c1-4-5-6-9-20(26)24-17-10-11-19(25(2)3)18(13-17)21(27)23-15-16-8-7-12-22-14-16/h7-8,10-14H,4-6,9,15H2,1-3H3,(H,23,27)(H,24,26). The molecule has 2 amide bonds. The summed E-state index contributed by atoms with van der Waals surface area (Å²) < 4.78 is 0. The fourth-order valence-corrected chi connectivity index (χ4v) is 2.72. The lowest BCUT2D eigenvalue weighted by molar-refractivity contribution is -0.116. The molecule has 0 unspecified atom stereocenters. The highest BCUT2D eigenvalue weighted by Crippen LogP contribution is 2.23. The van der Waals surface area contributed by atoms with Gasteiger partial charge in [-0.15, -0.1) is 0 Å². The Kier molecular flexibility index (Phi) is 7.79. The van der Waals surface area contributed by atoms with Crippen molar-refractivity contribution in [2.24, 2.45) is 0 Å². The van der Waals surface area contributed by atoms with Gasteiger partial charge in [0, 0.05) is 50.8 Å². The molecular weight excluding hydrogens is 340 g/mol. The highest BCUT2D eigenvalue weighted by atomic mass is 16.2. The highest BCUT2D eigenvalue weighted by molar-refractivity contribution is 6.02. The van der Waals surface area contributed by atoms with Crippen molar-refractivity contribution in [3.05, 3.63) is 53.9 Å². The lowest BCUT2D eigenvalue weighted by Gasteiger charge is -2.18. The third-order valence-electron chi connectivity index (χ3n) is 4.19. The van der Waals surface area contributed by atoms with Crippen molar-refractivity contribution in [2.75, 3.05) is 24.3 Å². The first kappa shape index (κ1) is 20.4. The molecule has 27 heavy (non-hydrogen) atoms. The zero-order valence-electron chi connectivity index (χ0n) is 16.3. The van der Waals surface area contributed by atoms with Gasteiger partial charge in [0.15, 0.2) is 0 Å². The van der Waals surface area contributed by atoms with E-state index in [0.717, 1.165) is 30.5 Å². The molecule has 1 aromatic carbocycles. The molecule has 0 saturated carbocycles. The molecule has 144 valence electrons. The number of pyridine rings is 1. The summed E-state index contributed by atoms with van der Waals surface area (Å²) in [5.41, 5.74) is 2.88. The molecule has 0 atom stereocenters. The summed E-state index contributed by atoms with van der Waals surface area (Å²) in [6.45, 7) is 2.50. The van der Waals surface area contributed by atoms with Crippen LogP contribution in [0.15, 0.2) is 42.7 Å². The Morgan fingerprint density at radius 3 is 2.63 bits per heavy atom. The summed E-state index contributed by atoms with van der Waals surface area (Å²) >= 11 is 0. The van der Waals surface area contributed by atoms with Gasteiger partial charge in [0.2, 0.25) is 5.91 Å². The number of amides is 2. The van der Waals surface area contributed by atoms with Crippen LogP contribution in [-0.2, 0) is 11.3 Å². The van der Waals surface area contributed by atoms with Gasteiger partial charge in [0.1, 0.15) is 0 Å². The zero-order valence-corrected chi connectivity index (χ0v) is 16.3. The molecule has 6 nitrogen and oxygen atoms in total. The minimum Gasteiger partial charge on any atom is -0.377 e. The second-order valence-electron chi connectivity index (χ2n) is 6.68. The van der Waals surface area contributed by atoms with Crippen LogP contribution in [0.1, 0.15) is 48.5 Å². The van der Waals surface area contributed by atoms with Crippen LogP contribution in [0, 0.1) is 0 Å². The molecule has 6 heteroatoms. The molecule has 0 radical (unpaired) electrons. The number of anilines is 2. The number of nitrogens with zero attached hydrogens (tertiary/aromatic N) is 2. The lowest BCUT2D eigenvalue weighted by atomic mass is 10.1. The van der Waals surface area contributed by atoms with Gasteiger partial charge in [0.25, 0.3) is 5.91 Å². The van der Waals surface area contributed by atoms with E-state index in [1.165, 1.54) is 0 Å². The smallest absolute Gasteiger partial charge is 0.253 e. The van der Waals surface area contributed by atoms with E-state index in [2.05, 4.69) is 22.5 Å². The van der Waals surface area contributed by atoms with Crippen molar-refractivity contribution in [3.8, 4) is 0 Å². The molecule has 0 saturated heterocycles. The molecule has 0 aliphatic heterocycles. The number of hydrogen-bond acceptors (Lipinski definition) is 4. The van der Waals surface area contributed by atoms with Gasteiger partial charge < -0.3 is 15.5 Å². The van der Waals surface area contributed by atoms with Gasteiger partial charge >= 0.3 is 0 Å². The van der Waals surface area contributed by atoms with Crippen LogP contribution >= 0.6 is 0 Å². The van der Waals surface area contributed by atoms with Gasteiger partial charge in [-0.1, -0.05) is 25.8 Å². The lowest BCUT2D eigenvalue weighted by Crippen LogP contribution is -2.25. The number of hydrogen-bond donors (Lipinski definition) is 2. The summed E-state index contributed by atoms with van der Waals surface area (Å²) in [4.78, 5) is 30.7. The van der Waals surface area contributed by atoms with Gasteiger partial charge in [-0.05, 0) is 36.2 Å². The molecule has 2 rings (SSSR count). The van der Waals surface area contributed by atoms with Crippen molar-refractivity contribution in [2.45, 2.75) is 39.2 Å². The number of carbonyl (C=O) groups is 2. The third-order valence-corrected chi connectivity index (χ3v) is 4.19. The molecule has 0 aliphatic rings. The molecule has 1 aromatic heterocycles. The van der Waals surface area contributed by atoms with E-state index < -0.39 is 0 Å². The summed E-state index contributed by atoms with van der Waals surface area (Å²) in [7, 11) is 3.77. The maximum Gasteiger partial charge on any atom is 0.253 e. The quantitative estimate of drug-likeness (QED) is 0.663. The SMILES string of the molecule is CCCCCC(=O)Nc1ccc(N(C)C)c(C(=O)NCc2cccnc2)c1. The summed E-state index contributed by atoms with van der Waals surface area (Å²) in [5.74, 6) is -0.215. The van der Waals surface area contributed by atoms with Crippen molar-refractivity contribution in [1.29, 1.82) is 0 Å². The fourth-order valence-electron chi connectivity index (χ4n) is 2.72. The second-order valence-corrected chi connectivity index (χ2v) is 6.68. The number of carbonyl (C=O) groups excluding carboxylic acids is 2. The van der Waals surface area contributed by atoms with E-state index in [9.17, 15) is 9.59 Å². The maximum absolute atomic E-state index is 12.7. The second kappa shape index (κ2) is 10.3. The number of aromatic nitrogens is 1. The van der Waals surface area contributed by atoms with Crippen LogP contribution in [0.5, 0.6) is 0 Å². The fraction of sp³-hybridized carbons (Fsp3) is 0.381. The monoisotopic (exact) mass is 368 g/mol. The Bertz CT molecular complexity index is 760. The molecular formula is C21H28N4O2. The number of benzene rings is 1. The van der Waals surface area contributed by atoms with Crippen molar-refractivity contribution in [1.82, 2.24) is 10.3 Å². The first-order valence-electron chi connectivity index (χ1n) is 9.29. The molecule has 0 fully saturated rings.